The molecule has 226 valence electrons. The maximum Gasteiger partial charge on any atom is 0.343 e. The molecule has 1 fully saturated rings. The van der Waals surface area contributed by atoms with E-state index in [0.29, 0.717) is 55.5 Å². The van der Waals surface area contributed by atoms with E-state index >= 15 is 0 Å². The van der Waals surface area contributed by atoms with Gasteiger partial charge in [-0.2, -0.15) is 0 Å². The van der Waals surface area contributed by atoms with Gasteiger partial charge in [-0.15, -0.1) is 0 Å². The van der Waals surface area contributed by atoms with Crippen molar-refractivity contribution >= 4 is 41.1 Å². The van der Waals surface area contributed by atoms with Crippen LogP contribution in [0.3, 0.4) is 0 Å². The molecule has 0 saturated carbocycles. The van der Waals surface area contributed by atoms with E-state index in [-0.39, 0.29) is 29.6 Å². The number of benzene rings is 3. The maximum atomic E-state index is 13.4. The second-order valence-electron chi connectivity index (χ2n) is 10.0. The molecule has 1 saturated heterocycles. The molecule has 1 aliphatic heterocycles. The fourth-order valence-electron chi connectivity index (χ4n) is 4.58. The maximum absolute atomic E-state index is 13.4. The van der Waals surface area contributed by atoms with Gasteiger partial charge in [-0.05, 0) is 66.1 Å². The number of morpholine rings is 1. The number of carboxylic acid groups (broad SMARTS) is 1. The predicted octanol–water partition coefficient (Wildman–Crippen LogP) is 3.46. The monoisotopic (exact) mass is 607 g/mol. The third-order valence-corrected chi connectivity index (χ3v) is 7.25. The Balaban J connectivity index is 1.38. The van der Waals surface area contributed by atoms with Gasteiger partial charge < -0.3 is 30.9 Å². The highest BCUT2D eigenvalue weighted by Gasteiger charge is 2.19. The number of aromatic carboxylic acids is 1. The van der Waals surface area contributed by atoms with E-state index in [0.717, 1.165) is 24.2 Å². The van der Waals surface area contributed by atoms with Crippen LogP contribution in [-0.2, 0) is 22.5 Å². The third-order valence-electron chi connectivity index (χ3n) is 6.89. The fourth-order valence-corrected chi connectivity index (χ4v) is 4.85. The summed E-state index contributed by atoms with van der Waals surface area (Å²) in [4.78, 5) is 45.3. The van der Waals surface area contributed by atoms with Crippen LogP contribution in [0, 0.1) is 0 Å². The first-order chi connectivity index (χ1) is 20.7. The predicted molar refractivity (Wildman–Crippen MR) is 163 cm³/mol. The van der Waals surface area contributed by atoms with Crippen molar-refractivity contribution in [1.29, 1.82) is 0 Å². The average Bonchev–Trinajstić information content (AvgIpc) is 2.99. The molecule has 0 spiro atoms. The van der Waals surface area contributed by atoms with Gasteiger partial charge in [-0.25, -0.2) is 14.6 Å². The number of halogens is 1. The van der Waals surface area contributed by atoms with Gasteiger partial charge in [-0.1, -0.05) is 29.8 Å². The van der Waals surface area contributed by atoms with Gasteiger partial charge in [0.05, 0.1) is 30.0 Å². The summed E-state index contributed by atoms with van der Waals surface area (Å²) in [6.45, 7) is 4.38. The topological polar surface area (TPSA) is 161 Å². The van der Waals surface area contributed by atoms with E-state index in [1.54, 1.807) is 59.5 Å². The number of aliphatic imine (C=N–C) groups is 1. The second kappa shape index (κ2) is 15.1. The summed E-state index contributed by atoms with van der Waals surface area (Å²) >= 11 is 6.50. The molecule has 1 heterocycles. The minimum atomic E-state index is -1.02. The number of ether oxygens (including phenoxy) is 2. The summed E-state index contributed by atoms with van der Waals surface area (Å²) in [7, 11) is 0. The molecule has 3 aromatic carbocycles. The molecule has 0 bridgehead atoms. The number of rotatable bonds is 12. The smallest absolute Gasteiger partial charge is 0.343 e. The van der Waals surface area contributed by atoms with Crippen LogP contribution in [0.1, 0.15) is 38.3 Å². The molecular formula is C31H34ClN5O6. The normalized spacial score (nSPS) is 13.2. The number of carboxylic acids is 1. The summed E-state index contributed by atoms with van der Waals surface area (Å²) in [5, 5.41) is 9.74. The summed E-state index contributed by atoms with van der Waals surface area (Å²) in [6.07, 6.45) is 0.574. The summed E-state index contributed by atoms with van der Waals surface area (Å²) in [5.41, 5.74) is 13.2. The van der Waals surface area contributed by atoms with Gasteiger partial charge >= 0.3 is 11.9 Å². The molecule has 0 radical (unpaired) electrons. The molecule has 12 heteroatoms. The molecule has 0 atom stereocenters. The Kier molecular flexibility index (Phi) is 11.1. The van der Waals surface area contributed by atoms with E-state index in [4.69, 9.17) is 32.5 Å². The van der Waals surface area contributed by atoms with E-state index in [1.807, 2.05) is 6.07 Å². The van der Waals surface area contributed by atoms with Crippen molar-refractivity contribution in [3.8, 4) is 5.75 Å². The summed E-state index contributed by atoms with van der Waals surface area (Å²) < 4.78 is 10.9. The number of amides is 1. The lowest BCUT2D eigenvalue weighted by atomic mass is 10.1. The Hall–Kier alpha value is -4.45. The Bertz CT molecular complexity index is 1470. The quantitative estimate of drug-likeness (QED) is 0.121. The van der Waals surface area contributed by atoms with Crippen LogP contribution in [0.25, 0.3) is 0 Å². The van der Waals surface area contributed by atoms with Crippen LogP contribution in [0.15, 0.2) is 71.7 Å². The fraction of sp³-hybridized carbons (Fsp3) is 0.290. The molecule has 5 N–H and O–H groups in total. The summed E-state index contributed by atoms with van der Waals surface area (Å²) in [6, 6.07) is 17.8. The lowest BCUT2D eigenvalue weighted by molar-refractivity contribution is -0.132. The largest absolute Gasteiger partial charge is 0.478 e. The van der Waals surface area contributed by atoms with Crippen LogP contribution < -0.4 is 16.2 Å². The van der Waals surface area contributed by atoms with Gasteiger partial charge in [0.2, 0.25) is 5.91 Å². The van der Waals surface area contributed by atoms with Crippen molar-refractivity contribution in [2.75, 3.05) is 39.4 Å². The Morgan fingerprint density at radius 2 is 1.74 bits per heavy atom. The first-order valence-electron chi connectivity index (χ1n) is 13.8. The highest BCUT2D eigenvalue weighted by Crippen LogP contribution is 2.25. The van der Waals surface area contributed by atoms with Crippen molar-refractivity contribution in [3.05, 3.63) is 94.0 Å². The number of carbonyl (C=O) groups is 3. The second-order valence-corrected chi connectivity index (χ2v) is 10.4. The van der Waals surface area contributed by atoms with Crippen molar-refractivity contribution in [2.24, 2.45) is 16.5 Å². The molecule has 0 aromatic heterocycles. The van der Waals surface area contributed by atoms with Crippen molar-refractivity contribution < 1.29 is 29.0 Å². The van der Waals surface area contributed by atoms with Crippen LogP contribution in [-0.4, -0.2) is 78.1 Å². The van der Waals surface area contributed by atoms with E-state index < -0.39 is 11.9 Å². The van der Waals surface area contributed by atoms with E-state index in [2.05, 4.69) is 9.89 Å². The molecule has 0 aliphatic carbocycles. The van der Waals surface area contributed by atoms with Crippen molar-refractivity contribution in [2.45, 2.75) is 19.4 Å². The number of nitrogens with two attached hydrogens (primary N) is 2. The molecule has 1 aliphatic rings. The van der Waals surface area contributed by atoms with Crippen molar-refractivity contribution in [3.63, 3.8) is 0 Å². The Labute approximate surface area is 254 Å². The zero-order valence-corrected chi connectivity index (χ0v) is 24.3. The number of esters is 1. The van der Waals surface area contributed by atoms with Crippen LogP contribution in [0.5, 0.6) is 5.75 Å². The Morgan fingerprint density at radius 3 is 2.42 bits per heavy atom. The molecule has 3 aromatic rings. The third kappa shape index (κ3) is 9.53. The molecule has 0 unspecified atom stereocenters. The number of guanidine groups is 1. The van der Waals surface area contributed by atoms with Crippen LogP contribution in [0.2, 0.25) is 5.02 Å². The number of hydrogen-bond acceptors (Lipinski definition) is 7. The van der Waals surface area contributed by atoms with Gasteiger partial charge in [-0.3, -0.25) is 9.69 Å². The molecule has 11 nitrogen and oxygen atoms in total. The van der Waals surface area contributed by atoms with Crippen LogP contribution >= 0.6 is 11.6 Å². The zero-order valence-electron chi connectivity index (χ0n) is 23.6. The van der Waals surface area contributed by atoms with Gasteiger partial charge in [0.1, 0.15) is 5.75 Å². The van der Waals surface area contributed by atoms with E-state index in [9.17, 15) is 19.5 Å². The first-order valence-corrected chi connectivity index (χ1v) is 14.2. The highest BCUT2D eigenvalue weighted by molar-refractivity contribution is 6.31. The van der Waals surface area contributed by atoms with E-state index in [1.165, 1.54) is 6.07 Å². The number of hydrogen-bond donors (Lipinski definition) is 3. The molecule has 1 amide bonds. The first kappa shape index (κ1) is 31.5. The van der Waals surface area contributed by atoms with Gasteiger partial charge in [0.15, 0.2) is 5.96 Å². The molecule has 43 heavy (non-hydrogen) atoms. The lowest BCUT2D eigenvalue weighted by Gasteiger charge is -2.30. The lowest BCUT2D eigenvalue weighted by Crippen LogP contribution is -2.43. The average molecular weight is 608 g/mol. The minimum absolute atomic E-state index is 0.0790. The highest BCUT2D eigenvalue weighted by atomic mass is 35.5. The number of nitrogens with zero attached hydrogens (tertiary/aromatic N) is 3. The minimum Gasteiger partial charge on any atom is -0.478 e. The number of aryl methyl sites for hydroxylation is 1. The van der Waals surface area contributed by atoms with Crippen molar-refractivity contribution in [1.82, 2.24) is 9.80 Å². The van der Waals surface area contributed by atoms with Crippen LogP contribution in [0.4, 0.5) is 5.69 Å². The van der Waals surface area contributed by atoms with Gasteiger partial charge in [0.25, 0.3) is 0 Å². The standard InChI is InChI=1S/C31H34ClN5O6/c32-27-19-26(43-30(41)23-4-8-25(9-5-23)35-31(33)34)10-6-22(27)7-11-28(38)37(13-12-36-14-16-42-17-15-36)20-21-2-1-3-24(18-21)29(39)40/h1-6,8-10,18-19H,7,11-17,20H2,(H,39,40)(H4,33,34,35). The number of carbonyl (C=O) groups excluding carboxylic acids is 2. The zero-order chi connectivity index (χ0) is 30.8. The molecular weight excluding hydrogens is 574 g/mol. The van der Waals surface area contributed by atoms with Gasteiger partial charge in [0, 0.05) is 44.2 Å². The molecule has 4 rings (SSSR count). The SMILES string of the molecule is NC(N)=Nc1ccc(C(=O)Oc2ccc(CCC(=O)N(CCN3CCOCC3)Cc3cccc(C(=O)O)c3)c(Cl)c2)cc1. The Morgan fingerprint density at radius 1 is 1.00 bits per heavy atom. The summed E-state index contributed by atoms with van der Waals surface area (Å²) in [5.74, 6) is -1.48.